The second-order valence-electron chi connectivity index (χ2n) is 7.74. The van der Waals surface area contributed by atoms with E-state index in [1.165, 1.54) is 16.7 Å². The third-order valence-corrected chi connectivity index (χ3v) is 5.83. The van der Waals surface area contributed by atoms with E-state index in [-0.39, 0.29) is 5.56 Å². The maximum absolute atomic E-state index is 12.5. The highest BCUT2D eigenvalue weighted by Gasteiger charge is 2.18. The van der Waals surface area contributed by atoms with Crippen LogP contribution in [0.5, 0.6) is 0 Å². The Hall–Kier alpha value is -2.50. The highest BCUT2D eigenvalue weighted by molar-refractivity contribution is 5.79. The summed E-state index contributed by atoms with van der Waals surface area (Å²) in [6, 6.07) is 11.9. The molecule has 5 heteroatoms. The lowest BCUT2D eigenvalue weighted by Gasteiger charge is -2.34. The Kier molecular flexibility index (Phi) is 5.29. The summed E-state index contributed by atoms with van der Waals surface area (Å²) >= 11 is 0. The van der Waals surface area contributed by atoms with E-state index >= 15 is 0 Å². The molecule has 0 aliphatic carbocycles. The number of H-pyrrole nitrogens is 1. The molecule has 0 radical (unpaired) electrons. The van der Waals surface area contributed by atoms with Crippen LogP contribution in [0.3, 0.4) is 0 Å². The molecule has 1 aliphatic heterocycles. The number of likely N-dealkylation sites (N-methyl/N-ethyl adjacent to an activating group) is 1. The Balaban J connectivity index is 1.68. The van der Waals surface area contributed by atoms with E-state index in [0.717, 1.165) is 50.3 Å². The molecule has 0 spiro atoms. The van der Waals surface area contributed by atoms with E-state index in [1.54, 1.807) is 0 Å². The molecule has 146 valence electrons. The number of aromatic amines is 1. The number of para-hydroxylation sites is 1. The third-order valence-electron chi connectivity index (χ3n) is 5.83. The highest BCUT2D eigenvalue weighted by Crippen LogP contribution is 2.26. The van der Waals surface area contributed by atoms with Gasteiger partial charge in [-0.3, -0.25) is 9.69 Å². The summed E-state index contributed by atoms with van der Waals surface area (Å²) in [5.74, 6) is 0.655. The zero-order valence-electron chi connectivity index (χ0n) is 17.0. The van der Waals surface area contributed by atoms with Gasteiger partial charge < -0.3 is 9.88 Å². The van der Waals surface area contributed by atoms with Gasteiger partial charge in [-0.15, -0.1) is 0 Å². The number of fused-ring (bicyclic) bond motifs is 1. The van der Waals surface area contributed by atoms with E-state index in [4.69, 9.17) is 4.98 Å². The standard InChI is InChI=1S/C23H28N4O/c1-4-26-9-11-27(12-10-26)15-18-13-16(2)14-20(17(18)3)22-24-21-8-6-5-7-19(21)23(28)25-22/h5-8,13-14H,4,9-12,15H2,1-3H3,(H,24,25,28). The van der Waals surface area contributed by atoms with Gasteiger partial charge in [-0.25, -0.2) is 4.98 Å². The van der Waals surface area contributed by atoms with Crippen molar-refractivity contribution in [3.8, 4) is 11.4 Å². The Morgan fingerprint density at radius 3 is 2.50 bits per heavy atom. The summed E-state index contributed by atoms with van der Waals surface area (Å²) in [7, 11) is 0. The first-order chi connectivity index (χ1) is 13.5. The van der Waals surface area contributed by atoms with Gasteiger partial charge in [0.2, 0.25) is 0 Å². The van der Waals surface area contributed by atoms with Crippen LogP contribution in [-0.2, 0) is 6.54 Å². The van der Waals surface area contributed by atoms with E-state index in [2.05, 4.69) is 47.7 Å². The summed E-state index contributed by atoms with van der Waals surface area (Å²) in [5.41, 5.74) is 5.37. The molecular weight excluding hydrogens is 348 g/mol. The van der Waals surface area contributed by atoms with Crippen LogP contribution in [0.25, 0.3) is 22.3 Å². The molecule has 0 amide bonds. The minimum atomic E-state index is -0.0845. The van der Waals surface area contributed by atoms with Crippen LogP contribution in [0.15, 0.2) is 41.2 Å². The molecule has 0 atom stereocenters. The van der Waals surface area contributed by atoms with Crippen LogP contribution in [0.4, 0.5) is 0 Å². The lowest BCUT2D eigenvalue weighted by atomic mass is 9.97. The molecular formula is C23H28N4O. The van der Waals surface area contributed by atoms with Crippen molar-refractivity contribution in [3.05, 3.63) is 63.4 Å². The number of aromatic nitrogens is 2. The molecule has 1 fully saturated rings. The van der Waals surface area contributed by atoms with Gasteiger partial charge >= 0.3 is 0 Å². The zero-order valence-corrected chi connectivity index (χ0v) is 17.0. The van der Waals surface area contributed by atoms with Crippen molar-refractivity contribution in [2.45, 2.75) is 27.3 Å². The first-order valence-corrected chi connectivity index (χ1v) is 10.1. The Labute approximate surface area is 166 Å². The first kappa shape index (κ1) is 18.8. The maximum Gasteiger partial charge on any atom is 0.259 e. The third kappa shape index (κ3) is 3.73. The van der Waals surface area contributed by atoms with Crippen LogP contribution >= 0.6 is 0 Å². The lowest BCUT2D eigenvalue weighted by Crippen LogP contribution is -2.45. The van der Waals surface area contributed by atoms with Gasteiger partial charge in [-0.2, -0.15) is 0 Å². The van der Waals surface area contributed by atoms with Crippen LogP contribution in [0.2, 0.25) is 0 Å². The van der Waals surface area contributed by atoms with Gasteiger partial charge in [0, 0.05) is 38.3 Å². The minimum absolute atomic E-state index is 0.0845. The summed E-state index contributed by atoms with van der Waals surface area (Å²) < 4.78 is 0. The molecule has 4 rings (SSSR count). The van der Waals surface area contributed by atoms with Gasteiger partial charge in [0.05, 0.1) is 10.9 Å². The Bertz CT molecular complexity index is 1050. The highest BCUT2D eigenvalue weighted by atomic mass is 16.1. The van der Waals surface area contributed by atoms with Crippen molar-refractivity contribution < 1.29 is 0 Å². The van der Waals surface area contributed by atoms with Gasteiger partial charge in [-0.1, -0.05) is 30.7 Å². The molecule has 1 aliphatic rings. The topological polar surface area (TPSA) is 52.2 Å². The predicted molar refractivity (Wildman–Crippen MR) is 115 cm³/mol. The average Bonchev–Trinajstić information content (AvgIpc) is 2.71. The predicted octanol–water partition coefficient (Wildman–Crippen LogP) is 3.34. The maximum atomic E-state index is 12.5. The van der Waals surface area contributed by atoms with E-state index in [1.807, 2.05) is 24.3 Å². The number of nitrogens with zero attached hydrogens (tertiary/aromatic N) is 3. The van der Waals surface area contributed by atoms with Crippen LogP contribution in [0, 0.1) is 13.8 Å². The molecule has 2 aromatic carbocycles. The van der Waals surface area contributed by atoms with Crippen molar-refractivity contribution >= 4 is 10.9 Å². The lowest BCUT2D eigenvalue weighted by molar-refractivity contribution is 0.132. The molecule has 28 heavy (non-hydrogen) atoms. The largest absolute Gasteiger partial charge is 0.306 e. The summed E-state index contributed by atoms with van der Waals surface area (Å²) in [6.07, 6.45) is 0. The molecule has 1 N–H and O–H groups in total. The fourth-order valence-electron chi connectivity index (χ4n) is 4.06. The Morgan fingerprint density at radius 2 is 1.75 bits per heavy atom. The minimum Gasteiger partial charge on any atom is -0.306 e. The van der Waals surface area contributed by atoms with Gasteiger partial charge in [-0.05, 0) is 49.7 Å². The average molecular weight is 377 g/mol. The zero-order chi connectivity index (χ0) is 19.7. The van der Waals surface area contributed by atoms with Gasteiger partial charge in [0.25, 0.3) is 5.56 Å². The summed E-state index contributed by atoms with van der Waals surface area (Å²) in [6.45, 7) is 13.0. The molecule has 5 nitrogen and oxygen atoms in total. The van der Waals surface area contributed by atoms with E-state index in [0.29, 0.717) is 11.2 Å². The Morgan fingerprint density at radius 1 is 1.04 bits per heavy atom. The van der Waals surface area contributed by atoms with Gasteiger partial charge in [0.15, 0.2) is 0 Å². The SMILES string of the molecule is CCN1CCN(Cc2cc(C)cc(-c3nc4ccccc4c(=O)[nH]3)c2C)CC1. The van der Waals surface area contributed by atoms with E-state index < -0.39 is 0 Å². The number of hydrogen-bond donors (Lipinski definition) is 1. The van der Waals surface area contributed by atoms with Crippen molar-refractivity contribution in [1.29, 1.82) is 0 Å². The first-order valence-electron chi connectivity index (χ1n) is 10.1. The number of hydrogen-bond acceptors (Lipinski definition) is 4. The molecule has 1 aromatic heterocycles. The molecule has 0 bridgehead atoms. The normalized spacial score (nSPS) is 16.0. The second kappa shape index (κ2) is 7.86. The number of benzene rings is 2. The monoisotopic (exact) mass is 376 g/mol. The number of aryl methyl sites for hydroxylation is 1. The molecule has 3 aromatic rings. The fraction of sp³-hybridized carbons (Fsp3) is 0.391. The molecule has 0 saturated carbocycles. The van der Waals surface area contributed by atoms with Crippen molar-refractivity contribution in [2.75, 3.05) is 32.7 Å². The van der Waals surface area contributed by atoms with Crippen LogP contribution in [-0.4, -0.2) is 52.5 Å². The van der Waals surface area contributed by atoms with Crippen molar-refractivity contribution in [1.82, 2.24) is 19.8 Å². The number of nitrogens with one attached hydrogen (secondary N) is 1. The molecule has 2 heterocycles. The van der Waals surface area contributed by atoms with Gasteiger partial charge in [0.1, 0.15) is 5.82 Å². The van der Waals surface area contributed by atoms with Crippen LogP contribution < -0.4 is 5.56 Å². The second-order valence-corrected chi connectivity index (χ2v) is 7.74. The fourth-order valence-corrected chi connectivity index (χ4v) is 4.06. The van der Waals surface area contributed by atoms with Crippen molar-refractivity contribution in [3.63, 3.8) is 0 Å². The van der Waals surface area contributed by atoms with Crippen LogP contribution in [0.1, 0.15) is 23.6 Å². The van der Waals surface area contributed by atoms with E-state index in [9.17, 15) is 4.79 Å². The molecule has 1 saturated heterocycles. The number of rotatable bonds is 4. The number of piperazine rings is 1. The molecule has 0 unspecified atom stereocenters. The smallest absolute Gasteiger partial charge is 0.259 e. The summed E-state index contributed by atoms with van der Waals surface area (Å²) in [5, 5.41) is 0.630. The summed E-state index contributed by atoms with van der Waals surface area (Å²) in [4.78, 5) is 25.3. The quantitative estimate of drug-likeness (QED) is 0.759. The van der Waals surface area contributed by atoms with Crippen molar-refractivity contribution in [2.24, 2.45) is 0 Å².